The molecule has 8 heteroatoms. The number of carboxylic acid groups (broad SMARTS) is 2. The maximum Gasteiger partial charge on any atom is 0.416 e. The highest BCUT2D eigenvalue weighted by Gasteiger charge is 2.36. The maximum absolute atomic E-state index is 12.4. The van der Waals surface area contributed by atoms with E-state index >= 15 is 0 Å². The molecule has 102 valence electrons. The predicted molar refractivity (Wildman–Crippen MR) is 54.5 cm³/mol. The lowest BCUT2D eigenvalue weighted by molar-refractivity contribution is -0.151. The normalized spacial score (nSPS) is 11.4. The highest BCUT2D eigenvalue weighted by molar-refractivity contribution is 6.20. The van der Waals surface area contributed by atoms with Crippen LogP contribution in [0, 0.1) is 5.92 Å². The molecule has 1 rings (SSSR count). The first kappa shape index (κ1) is 14.7. The maximum atomic E-state index is 12.4. The number of carboxylic acids is 2. The van der Waals surface area contributed by atoms with Crippen molar-refractivity contribution in [2.24, 2.45) is 5.92 Å². The topological polar surface area (TPSA) is 91.7 Å². The molecule has 0 radical (unpaired) electrons. The SMILES string of the molecule is O=C(O)C(C(=O)O)C(=O)c1cccc(C(F)(F)F)c1. The minimum absolute atomic E-state index is 0.418. The van der Waals surface area contributed by atoms with Crippen LogP contribution in [0.2, 0.25) is 0 Å². The predicted octanol–water partition coefficient (Wildman–Crippen LogP) is 1.67. The van der Waals surface area contributed by atoms with E-state index in [1.807, 2.05) is 0 Å². The molecular weight excluding hydrogens is 269 g/mol. The number of ketones is 1. The van der Waals surface area contributed by atoms with E-state index in [1.54, 1.807) is 0 Å². The van der Waals surface area contributed by atoms with Crippen molar-refractivity contribution in [2.75, 3.05) is 0 Å². The van der Waals surface area contributed by atoms with Crippen LogP contribution in [0.15, 0.2) is 24.3 Å². The molecule has 19 heavy (non-hydrogen) atoms. The summed E-state index contributed by atoms with van der Waals surface area (Å²) in [6.45, 7) is 0. The van der Waals surface area contributed by atoms with Gasteiger partial charge in [-0.2, -0.15) is 13.2 Å². The Morgan fingerprint density at radius 2 is 1.58 bits per heavy atom. The zero-order valence-electron chi connectivity index (χ0n) is 9.14. The zero-order valence-corrected chi connectivity index (χ0v) is 9.14. The number of hydrogen-bond acceptors (Lipinski definition) is 3. The Kier molecular flexibility index (Phi) is 3.93. The summed E-state index contributed by atoms with van der Waals surface area (Å²) in [4.78, 5) is 32.8. The van der Waals surface area contributed by atoms with Crippen LogP contribution in [-0.4, -0.2) is 27.9 Å². The molecule has 0 saturated heterocycles. The van der Waals surface area contributed by atoms with E-state index in [0.717, 1.165) is 12.1 Å². The molecule has 1 aromatic rings. The van der Waals surface area contributed by atoms with Crippen LogP contribution in [0.3, 0.4) is 0 Å². The van der Waals surface area contributed by atoms with E-state index < -0.39 is 40.9 Å². The van der Waals surface area contributed by atoms with Crippen LogP contribution in [-0.2, 0) is 15.8 Å². The van der Waals surface area contributed by atoms with E-state index in [9.17, 15) is 27.6 Å². The Bertz CT molecular complexity index is 521. The Morgan fingerprint density at radius 3 is 2.00 bits per heavy atom. The Hall–Kier alpha value is -2.38. The number of hydrogen-bond donors (Lipinski definition) is 2. The molecular formula is C11H7F3O5. The van der Waals surface area contributed by atoms with Gasteiger partial charge in [-0.1, -0.05) is 12.1 Å². The quantitative estimate of drug-likeness (QED) is 0.644. The highest BCUT2D eigenvalue weighted by atomic mass is 19.4. The molecule has 0 spiro atoms. The molecule has 0 saturated carbocycles. The molecule has 1 aromatic carbocycles. The molecule has 0 heterocycles. The van der Waals surface area contributed by atoms with Gasteiger partial charge in [0.1, 0.15) is 0 Å². The molecule has 2 N–H and O–H groups in total. The average Bonchev–Trinajstić information content (AvgIpc) is 2.27. The standard InChI is InChI=1S/C11H7F3O5/c12-11(13,14)6-3-1-2-5(4-6)8(15)7(9(16)17)10(18)19/h1-4,7H,(H,16,17)(H,18,19). The lowest BCUT2D eigenvalue weighted by Crippen LogP contribution is -2.31. The van der Waals surface area contributed by atoms with Crippen molar-refractivity contribution in [2.45, 2.75) is 6.18 Å². The fourth-order valence-corrected chi connectivity index (χ4v) is 1.35. The Balaban J connectivity index is 3.20. The first-order valence-corrected chi connectivity index (χ1v) is 4.81. The van der Waals surface area contributed by atoms with Crippen LogP contribution in [0.25, 0.3) is 0 Å². The van der Waals surface area contributed by atoms with Gasteiger partial charge >= 0.3 is 18.1 Å². The molecule has 0 bridgehead atoms. The second-order valence-electron chi connectivity index (χ2n) is 3.55. The van der Waals surface area contributed by atoms with Crippen LogP contribution in [0.5, 0.6) is 0 Å². The Labute approximate surface area is 104 Å². The molecule has 0 fully saturated rings. The van der Waals surface area contributed by atoms with E-state index in [4.69, 9.17) is 10.2 Å². The van der Waals surface area contributed by atoms with E-state index in [-0.39, 0.29) is 0 Å². The highest BCUT2D eigenvalue weighted by Crippen LogP contribution is 2.30. The van der Waals surface area contributed by atoms with Gasteiger partial charge in [0.05, 0.1) is 5.56 Å². The first-order chi connectivity index (χ1) is 8.64. The first-order valence-electron chi connectivity index (χ1n) is 4.81. The van der Waals surface area contributed by atoms with Gasteiger partial charge in [-0.25, -0.2) is 0 Å². The average molecular weight is 276 g/mol. The molecule has 0 aromatic heterocycles. The van der Waals surface area contributed by atoms with Crippen LogP contribution < -0.4 is 0 Å². The number of alkyl halides is 3. The minimum atomic E-state index is -4.71. The van der Waals surface area contributed by atoms with Crippen molar-refractivity contribution in [3.63, 3.8) is 0 Å². The molecule has 5 nitrogen and oxygen atoms in total. The zero-order chi connectivity index (χ0) is 14.8. The summed E-state index contributed by atoms with van der Waals surface area (Å²) in [6, 6.07) is 2.93. The molecule has 0 aliphatic rings. The number of halogens is 3. The summed E-state index contributed by atoms with van der Waals surface area (Å²) in [5, 5.41) is 17.2. The van der Waals surface area contributed by atoms with Gasteiger partial charge < -0.3 is 10.2 Å². The van der Waals surface area contributed by atoms with Crippen molar-refractivity contribution >= 4 is 17.7 Å². The van der Waals surface area contributed by atoms with Crippen molar-refractivity contribution in [1.29, 1.82) is 0 Å². The number of rotatable bonds is 4. The van der Waals surface area contributed by atoms with Crippen LogP contribution in [0.1, 0.15) is 15.9 Å². The summed E-state index contributed by atoms with van der Waals surface area (Å²) in [7, 11) is 0. The number of Topliss-reactive ketones (excluding diaryl/α,β-unsaturated/α-hetero) is 1. The second-order valence-corrected chi connectivity index (χ2v) is 3.55. The summed E-state index contributed by atoms with van der Waals surface area (Å²) in [6.07, 6.45) is -4.71. The second kappa shape index (κ2) is 5.09. The van der Waals surface area contributed by atoms with E-state index in [1.165, 1.54) is 0 Å². The number of benzene rings is 1. The van der Waals surface area contributed by atoms with E-state index in [2.05, 4.69) is 0 Å². The molecule has 0 aliphatic carbocycles. The smallest absolute Gasteiger partial charge is 0.416 e. The third-order valence-electron chi connectivity index (χ3n) is 2.23. The third kappa shape index (κ3) is 3.30. The molecule has 0 aliphatic heterocycles. The van der Waals surface area contributed by atoms with Gasteiger partial charge in [0.15, 0.2) is 5.78 Å². The summed E-state index contributed by atoms with van der Waals surface area (Å²) >= 11 is 0. The lowest BCUT2D eigenvalue weighted by Gasteiger charge is -2.10. The molecule has 0 atom stereocenters. The molecule has 0 amide bonds. The van der Waals surface area contributed by atoms with Gasteiger partial charge in [0.2, 0.25) is 5.92 Å². The fourth-order valence-electron chi connectivity index (χ4n) is 1.35. The minimum Gasteiger partial charge on any atom is -0.480 e. The largest absolute Gasteiger partial charge is 0.480 e. The van der Waals surface area contributed by atoms with Crippen molar-refractivity contribution in [1.82, 2.24) is 0 Å². The monoisotopic (exact) mass is 276 g/mol. The number of aliphatic carboxylic acids is 2. The lowest BCUT2D eigenvalue weighted by atomic mass is 9.96. The number of carbonyl (C=O) groups is 3. The van der Waals surface area contributed by atoms with E-state index in [0.29, 0.717) is 12.1 Å². The van der Waals surface area contributed by atoms with Gasteiger partial charge in [0, 0.05) is 5.56 Å². The third-order valence-corrected chi connectivity index (χ3v) is 2.23. The fraction of sp³-hybridized carbons (Fsp3) is 0.182. The number of carbonyl (C=O) groups excluding carboxylic acids is 1. The summed E-state index contributed by atoms with van der Waals surface area (Å²) < 4.78 is 37.2. The Morgan fingerprint density at radius 1 is 1.05 bits per heavy atom. The van der Waals surface area contributed by atoms with Crippen molar-refractivity contribution in [3.8, 4) is 0 Å². The van der Waals surface area contributed by atoms with Crippen LogP contribution >= 0.6 is 0 Å². The van der Waals surface area contributed by atoms with Gasteiger partial charge in [-0.05, 0) is 12.1 Å². The van der Waals surface area contributed by atoms with Crippen molar-refractivity contribution in [3.05, 3.63) is 35.4 Å². The summed E-state index contributed by atoms with van der Waals surface area (Å²) in [5.41, 5.74) is -1.78. The van der Waals surface area contributed by atoms with Gasteiger partial charge in [-0.15, -0.1) is 0 Å². The van der Waals surface area contributed by atoms with Crippen molar-refractivity contribution < 1.29 is 37.8 Å². The van der Waals surface area contributed by atoms with Crippen LogP contribution in [0.4, 0.5) is 13.2 Å². The van der Waals surface area contributed by atoms with Gasteiger partial charge in [0.25, 0.3) is 0 Å². The van der Waals surface area contributed by atoms with Gasteiger partial charge in [-0.3, -0.25) is 14.4 Å². The molecule has 0 unspecified atom stereocenters. The summed E-state index contributed by atoms with van der Waals surface area (Å²) in [5.74, 6) is -7.71.